The van der Waals surface area contributed by atoms with E-state index in [1.807, 2.05) is 19.1 Å². The number of likely N-dealkylation sites (N-methyl/N-ethyl adjacent to an activating group) is 1. The molecule has 0 saturated carbocycles. The number of nitrogens with zero attached hydrogens (tertiary/aromatic N) is 4. The summed E-state index contributed by atoms with van der Waals surface area (Å²) in [5.41, 5.74) is 2.25. The first-order valence-electron chi connectivity index (χ1n) is 7.92. The predicted octanol–water partition coefficient (Wildman–Crippen LogP) is 2.83. The van der Waals surface area contributed by atoms with Gasteiger partial charge in [-0.1, -0.05) is 5.16 Å². The average Bonchev–Trinajstić information content (AvgIpc) is 3.05. The van der Waals surface area contributed by atoms with Crippen LogP contribution in [0.25, 0.3) is 0 Å². The van der Waals surface area contributed by atoms with E-state index in [1.54, 1.807) is 48.7 Å². The molecule has 3 aromatic heterocycles. The molecule has 0 radical (unpaired) electrons. The van der Waals surface area contributed by atoms with E-state index in [9.17, 15) is 4.79 Å². The maximum absolute atomic E-state index is 12.6. The van der Waals surface area contributed by atoms with Crippen molar-refractivity contribution in [3.63, 3.8) is 0 Å². The van der Waals surface area contributed by atoms with Crippen molar-refractivity contribution < 1.29 is 9.32 Å². The first-order valence-corrected chi connectivity index (χ1v) is 7.92. The molecule has 0 aliphatic carbocycles. The fourth-order valence-corrected chi connectivity index (χ4v) is 2.34. The Morgan fingerprint density at radius 2 is 2.00 bits per heavy atom. The molecule has 3 rings (SSSR count). The summed E-state index contributed by atoms with van der Waals surface area (Å²) >= 11 is 0. The second-order valence-corrected chi connectivity index (χ2v) is 5.71. The van der Waals surface area contributed by atoms with E-state index in [0.717, 1.165) is 17.7 Å². The second-order valence-electron chi connectivity index (χ2n) is 5.71. The number of nitrogens with one attached hydrogen (secondary N) is 1. The minimum atomic E-state index is -0.131. The van der Waals surface area contributed by atoms with Gasteiger partial charge >= 0.3 is 0 Å². The number of carbonyl (C=O) groups is 1. The number of amides is 1. The van der Waals surface area contributed by atoms with Gasteiger partial charge < -0.3 is 14.7 Å². The summed E-state index contributed by atoms with van der Waals surface area (Å²) in [6.07, 6.45) is 5.86. The lowest BCUT2D eigenvalue weighted by molar-refractivity contribution is 0.0791. The van der Waals surface area contributed by atoms with Crippen LogP contribution in [0.2, 0.25) is 0 Å². The zero-order valence-corrected chi connectivity index (χ0v) is 14.1. The molecule has 0 aromatic carbocycles. The van der Waals surface area contributed by atoms with Crippen LogP contribution in [-0.2, 0) is 6.42 Å². The molecular weight excluding hydrogens is 318 g/mol. The molecule has 0 unspecified atom stereocenters. The Labute approximate surface area is 145 Å². The molecule has 128 valence electrons. The molecule has 3 aromatic rings. The highest BCUT2D eigenvalue weighted by Gasteiger charge is 2.14. The molecule has 3 heterocycles. The number of anilines is 2. The number of carbonyl (C=O) groups excluding carboxylic acids is 1. The van der Waals surface area contributed by atoms with Gasteiger partial charge in [0.1, 0.15) is 11.5 Å². The van der Waals surface area contributed by atoms with Crippen molar-refractivity contribution in [3.8, 4) is 0 Å². The van der Waals surface area contributed by atoms with Crippen molar-refractivity contribution in [2.45, 2.75) is 13.3 Å². The molecule has 1 amide bonds. The first kappa shape index (κ1) is 16.6. The van der Waals surface area contributed by atoms with E-state index in [1.165, 1.54) is 0 Å². The molecule has 0 saturated heterocycles. The van der Waals surface area contributed by atoms with Gasteiger partial charge in [0.25, 0.3) is 5.91 Å². The second kappa shape index (κ2) is 7.57. The fraction of sp³-hybridized carbons (Fsp3) is 0.222. The molecular formula is C18H19N5O2. The lowest BCUT2D eigenvalue weighted by atomic mass is 10.2. The van der Waals surface area contributed by atoms with E-state index in [-0.39, 0.29) is 5.91 Å². The number of rotatable bonds is 6. The maximum atomic E-state index is 12.6. The standard InChI is InChI=1S/C18H19N5O2/c1-13-11-17(22-25-13)21-15-5-9-20-16(12-15)18(24)23(2)10-6-14-3-7-19-8-4-14/h3-5,7-9,11-12H,6,10H2,1-2H3,(H,20,21,22). The molecule has 0 aliphatic rings. The monoisotopic (exact) mass is 337 g/mol. The van der Waals surface area contributed by atoms with Crippen LogP contribution in [0.15, 0.2) is 53.4 Å². The summed E-state index contributed by atoms with van der Waals surface area (Å²) in [7, 11) is 1.77. The molecule has 7 nitrogen and oxygen atoms in total. The van der Waals surface area contributed by atoms with Gasteiger partial charge in [0.2, 0.25) is 0 Å². The molecule has 1 N–H and O–H groups in total. The molecule has 0 fully saturated rings. The Balaban J connectivity index is 1.64. The van der Waals surface area contributed by atoms with Crippen LogP contribution in [0.4, 0.5) is 11.5 Å². The topological polar surface area (TPSA) is 84.2 Å². The van der Waals surface area contributed by atoms with Crippen molar-refractivity contribution in [2.75, 3.05) is 18.9 Å². The molecule has 7 heteroatoms. The van der Waals surface area contributed by atoms with Gasteiger partial charge in [0.05, 0.1) is 0 Å². The number of aryl methyl sites for hydroxylation is 1. The molecule has 0 aliphatic heterocycles. The Morgan fingerprint density at radius 1 is 1.20 bits per heavy atom. The summed E-state index contributed by atoms with van der Waals surface area (Å²) in [5.74, 6) is 1.17. The SMILES string of the molecule is Cc1cc(Nc2ccnc(C(=O)N(C)CCc3ccncc3)c2)no1. The highest BCUT2D eigenvalue weighted by Crippen LogP contribution is 2.17. The first-order chi connectivity index (χ1) is 12.1. The van der Waals surface area contributed by atoms with E-state index >= 15 is 0 Å². The minimum absolute atomic E-state index is 0.131. The van der Waals surface area contributed by atoms with E-state index in [0.29, 0.717) is 23.8 Å². The zero-order chi connectivity index (χ0) is 17.6. The van der Waals surface area contributed by atoms with Gasteiger partial charge in [-0.15, -0.1) is 0 Å². The normalized spacial score (nSPS) is 10.5. The van der Waals surface area contributed by atoms with Gasteiger partial charge in [0, 0.05) is 43.9 Å². The highest BCUT2D eigenvalue weighted by molar-refractivity contribution is 5.93. The molecule has 0 atom stereocenters. The van der Waals surface area contributed by atoms with Crippen molar-refractivity contribution in [1.82, 2.24) is 20.0 Å². The summed E-state index contributed by atoms with van der Waals surface area (Å²) in [4.78, 5) is 22.4. The Morgan fingerprint density at radius 3 is 2.72 bits per heavy atom. The van der Waals surface area contributed by atoms with Crippen LogP contribution in [0.3, 0.4) is 0 Å². The summed E-state index contributed by atoms with van der Waals surface area (Å²) in [6, 6.07) is 9.15. The van der Waals surface area contributed by atoms with Crippen molar-refractivity contribution in [3.05, 3.63) is 65.9 Å². The molecule has 0 bridgehead atoms. The van der Waals surface area contributed by atoms with Gasteiger partial charge in [-0.2, -0.15) is 0 Å². The third-order valence-electron chi connectivity index (χ3n) is 3.71. The third kappa shape index (κ3) is 4.41. The Bertz CT molecular complexity index is 847. The largest absolute Gasteiger partial charge is 0.360 e. The van der Waals surface area contributed by atoms with Gasteiger partial charge in [-0.05, 0) is 43.2 Å². The lowest BCUT2D eigenvalue weighted by Crippen LogP contribution is -2.29. The van der Waals surface area contributed by atoms with Crippen molar-refractivity contribution >= 4 is 17.4 Å². The summed E-state index contributed by atoms with van der Waals surface area (Å²) in [6.45, 7) is 2.42. The Kier molecular flexibility index (Phi) is 5.03. The van der Waals surface area contributed by atoms with Crippen LogP contribution in [0.5, 0.6) is 0 Å². The Hall–Kier alpha value is -3.22. The van der Waals surface area contributed by atoms with Crippen molar-refractivity contribution in [1.29, 1.82) is 0 Å². The highest BCUT2D eigenvalue weighted by atomic mass is 16.5. The molecule has 25 heavy (non-hydrogen) atoms. The number of aromatic nitrogens is 3. The zero-order valence-electron chi connectivity index (χ0n) is 14.1. The summed E-state index contributed by atoms with van der Waals surface area (Å²) in [5, 5.41) is 6.97. The van der Waals surface area contributed by atoms with Gasteiger partial charge in [-0.25, -0.2) is 0 Å². The molecule has 0 spiro atoms. The fourth-order valence-electron chi connectivity index (χ4n) is 2.34. The minimum Gasteiger partial charge on any atom is -0.360 e. The van der Waals surface area contributed by atoms with E-state index in [4.69, 9.17) is 4.52 Å². The van der Waals surface area contributed by atoms with Gasteiger partial charge in [-0.3, -0.25) is 14.8 Å². The number of hydrogen-bond donors (Lipinski definition) is 1. The van der Waals surface area contributed by atoms with E-state index in [2.05, 4.69) is 20.4 Å². The average molecular weight is 337 g/mol. The smallest absolute Gasteiger partial charge is 0.272 e. The number of hydrogen-bond acceptors (Lipinski definition) is 6. The van der Waals surface area contributed by atoms with Crippen LogP contribution < -0.4 is 5.32 Å². The van der Waals surface area contributed by atoms with Crippen LogP contribution in [0.1, 0.15) is 21.8 Å². The third-order valence-corrected chi connectivity index (χ3v) is 3.71. The van der Waals surface area contributed by atoms with Crippen molar-refractivity contribution in [2.24, 2.45) is 0 Å². The predicted molar refractivity (Wildman–Crippen MR) is 93.7 cm³/mol. The quantitative estimate of drug-likeness (QED) is 0.744. The summed E-state index contributed by atoms with van der Waals surface area (Å²) < 4.78 is 5.02. The van der Waals surface area contributed by atoms with Crippen LogP contribution in [-0.4, -0.2) is 39.5 Å². The maximum Gasteiger partial charge on any atom is 0.272 e. The van der Waals surface area contributed by atoms with Gasteiger partial charge in [0.15, 0.2) is 5.82 Å². The lowest BCUT2D eigenvalue weighted by Gasteiger charge is -2.17. The van der Waals surface area contributed by atoms with Crippen LogP contribution in [0, 0.1) is 6.92 Å². The number of pyridine rings is 2. The van der Waals surface area contributed by atoms with Crippen LogP contribution >= 0.6 is 0 Å². The van der Waals surface area contributed by atoms with E-state index < -0.39 is 0 Å².